The molecule has 0 radical (unpaired) electrons. The molecule has 2 aromatic rings. The number of nitrogens with one attached hydrogen (secondary N) is 2. The Hall–Kier alpha value is -2.82. The summed E-state index contributed by atoms with van der Waals surface area (Å²) >= 11 is 17.8. The monoisotopic (exact) mass is 551 g/mol. The molecule has 2 aromatic carbocycles. The van der Waals surface area contributed by atoms with Crippen LogP contribution in [0.3, 0.4) is 0 Å². The number of hydrogen-bond acceptors (Lipinski definition) is 3. The van der Waals surface area contributed by atoms with Crippen molar-refractivity contribution in [1.29, 1.82) is 0 Å². The normalized spacial score (nSPS) is 15.9. The molecule has 13 heteroatoms. The minimum Gasteiger partial charge on any atom is -0.326 e. The highest BCUT2D eigenvalue weighted by atomic mass is 35.5. The molecule has 6 nitrogen and oxygen atoms in total. The number of nitrogens with zero attached hydrogens (tertiary/aromatic N) is 1. The third-order valence-electron chi connectivity index (χ3n) is 4.97. The van der Waals surface area contributed by atoms with Gasteiger partial charge in [0.25, 0.3) is 11.8 Å². The molecule has 186 valence electrons. The van der Waals surface area contributed by atoms with Crippen molar-refractivity contribution in [2.75, 3.05) is 22.1 Å². The van der Waals surface area contributed by atoms with Crippen LogP contribution in [-0.4, -0.2) is 35.0 Å². The number of benzene rings is 2. The molecule has 1 atom stereocenters. The van der Waals surface area contributed by atoms with E-state index in [1.807, 2.05) is 0 Å². The van der Waals surface area contributed by atoms with Crippen LogP contribution in [0, 0.1) is 17.6 Å². The Bertz CT molecular complexity index is 1210. The largest absolute Gasteiger partial charge is 0.326 e. The van der Waals surface area contributed by atoms with Crippen molar-refractivity contribution in [3.05, 3.63) is 65.2 Å². The van der Waals surface area contributed by atoms with Gasteiger partial charge in [-0.25, -0.2) is 8.78 Å². The molecule has 0 aliphatic heterocycles. The molecule has 1 saturated carbocycles. The van der Waals surface area contributed by atoms with E-state index >= 15 is 4.39 Å². The van der Waals surface area contributed by atoms with E-state index in [1.54, 1.807) is 0 Å². The standard InChI is InChI=1S/C22H16Cl3F4N3O3/c1-2-7-32(21(35)18(28)29)17-14(26)5-6-15(16(17)27)31-19(33)11-8-10(3-4-13(11)23)30-20(34)12-9-22(12,24)25/h2-6,8,12,18H,1,7,9H2,(H,30,34)(H,31,33). The average molecular weight is 553 g/mol. The second kappa shape index (κ2) is 10.4. The van der Waals surface area contributed by atoms with Crippen molar-refractivity contribution in [2.24, 2.45) is 5.92 Å². The number of carbonyl (C=O) groups excluding carboxylic acids is 3. The molecule has 1 aliphatic carbocycles. The number of rotatable bonds is 8. The van der Waals surface area contributed by atoms with Crippen molar-refractivity contribution in [2.45, 2.75) is 17.2 Å². The van der Waals surface area contributed by atoms with E-state index in [2.05, 4.69) is 17.2 Å². The predicted molar refractivity (Wildman–Crippen MR) is 125 cm³/mol. The third-order valence-corrected chi connectivity index (χ3v) is 6.14. The van der Waals surface area contributed by atoms with Crippen LogP contribution >= 0.6 is 34.8 Å². The van der Waals surface area contributed by atoms with Crippen LogP contribution in [0.25, 0.3) is 0 Å². The van der Waals surface area contributed by atoms with Gasteiger partial charge in [-0.05, 0) is 36.8 Å². The molecule has 0 saturated heterocycles. The lowest BCUT2D eigenvalue weighted by Gasteiger charge is -2.23. The highest BCUT2D eigenvalue weighted by molar-refractivity contribution is 6.52. The van der Waals surface area contributed by atoms with Crippen LogP contribution in [0.2, 0.25) is 5.02 Å². The van der Waals surface area contributed by atoms with Gasteiger partial charge < -0.3 is 10.6 Å². The van der Waals surface area contributed by atoms with Gasteiger partial charge in [0.15, 0.2) is 5.82 Å². The Kier molecular flexibility index (Phi) is 7.98. The van der Waals surface area contributed by atoms with E-state index in [0.29, 0.717) is 6.07 Å². The van der Waals surface area contributed by atoms with Crippen molar-refractivity contribution in [3.8, 4) is 0 Å². The Labute approximate surface area is 211 Å². The summed E-state index contributed by atoms with van der Waals surface area (Å²) in [4.78, 5) is 36.9. The van der Waals surface area contributed by atoms with Crippen LogP contribution in [-0.2, 0) is 9.59 Å². The summed E-state index contributed by atoms with van der Waals surface area (Å²) in [5, 5.41) is 4.62. The van der Waals surface area contributed by atoms with Crippen LogP contribution in [0.5, 0.6) is 0 Å². The van der Waals surface area contributed by atoms with Gasteiger partial charge in [0.2, 0.25) is 5.91 Å². The van der Waals surface area contributed by atoms with E-state index in [-0.39, 0.29) is 27.6 Å². The van der Waals surface area contributed by atoms with Crippen LogP contribution in [0.1, 0.15) is 16.8 Å². The maximum absolute atomic E-state index is 15.1. The third kappa shape index (κ3) is 5.88. The van der Waals surface area contributed by atoms with Crippen LogP contribution < -0.4 is 15.5 Å². The summed E-state index contributed by atoms with van der Waals surface area (Å²) in [6.07, 6.45) is -2.28. The van der Waals surface area contributed by atoms with Crippen molar-refractivity contribution in [3.63, 3.8) is 0 Å². The Morgan fingerprint density at radius 2 is 1.83 bits per heavy atom. The molecule has 0 spiro atoms. The molecule has 1 unspecified atom stereocenters. The van der Waals surface area contributed by atoms with E-state index in [9.17, 15) is 27.6 Å². The van der Waals surface area contributed by atoms with Gasteiger partial charge in [0.05, 0.1) is 22.2 Å². The SMILES string of the molecule is C=CCN(C(=O)C(F)F)c1c(F)ccc(NC(=O)c2cc(NC(=O)C3CC3(Cl)Cl)ccc2Cl)c1F. The zero-order chi connectivity index (χ0) is 26.1. The molecule has 2 N–H and O–H groups in total. The smallest absolute Gasteiger partial charge is 0.316 e. The average Bonchev–Trinajstić information content (AvgIpc) is 3.44. The fraction of sp³-hybridized carbons (Fsp3) is 0.227. The lowest BCUT2D eigenvalue weighted by Crippen LogP contribution is -2.37. The molecular weight excluding hydrogens is 537 g/mol. The molecule has 1 aliphatic rings. The molecule has 35 heavy (non-hydrogen) atoms. The van der Waals surface area contributed by atoms with E-state index in [0.717, 1.165) is 12.1 Å². The fourth-order valence-electron chi connectivity index (χ4n) is 3.12. The van der Waals surface area contributed by atoms with Gasteiger partial charge in [-0.2, -0.15) is 8.78 Å². The number of halogens is 7. The Morgan fingerprint density at radius 1 is 1.17 bits per heavy atom. The molecule has 0 aromatic heterocycles. The predicted octanol–water partition coefficient (Wildman–Crippen LogP) is 5.79. The quantitative estimate of drug-likeness (QED) is 0.247. The van der Waals surface area contributed by atoms with E-state index in [4.69, 9.17) is 34.8 Å². The van der Waals surface area contributed by atoms with Gasteiger partial charge in [-0.1, -0.05) is 17.7 Å². The first-order valence-electron chi connectivity index (χ1n) is 9.85. The molecule has 3 rings (SSSR count). The molecule has 3 amide bonds. The molecule has 1 fully saturated rings. The van der Waals surface area contributed by atoms with Gasteiger partial charge in [0.1, 0.15) is 15.8 Å². The highest BCUT2D eigenvalue weighted by Crippen LogP contribution is 2.53. The lowest BCUT2D eigenvalue weighted by atomic mass is 10.1. The molecule has 0 heterocycles. The summed E-state index contributed by atoms with van der Waals surface area (Å²) in [6, 6.07) is 5.45. The van der Waals surface area contributed by atoms with Gasteiger partial charge in [-0.3, -0.25) is 19.3 Å². The van der Waals surface area contributed by atoms with E-state index < -0.39 is 64.0 Å². The van der Waals surface area contributed by atoms with Crippen LogP contribution in [0.4, 0.5) is 34.6 Å². The van der Waals surface area contributed by atoms with Gasteiger partial charge >= 0.3 is 6.43 Å². The summed E-state index contributed by atoms with van der Waals surface area (Å²) < 4.78 is 54.2. The van der Waals surface area contributed by atoms with Crippen molar-refractivity contribution in [1.82, 2.24) is 0 Å². The summed E-state index contributed by atoms with van der Waals surface area (Å²) in [5.74, 6) is -6.72. The molecular formula is C22H16Cl3F4N3O3. The Morgan fingerprint density at radius 3 is 2.40 bits per heavy atom. The number of carbonyl (C=O) groups is 3. The summed E-state index contributed by atoms with van der Waals surface area (Å²) in [6.45, 7) is 2.67. The van der Waals surface area contributed by atoms with E-state index in [1.165, 1.54) is 18.2 Å². The number of amides is 3. The fourth-order valence-corrected chi connectivity index (χ4v) is 3.83. The highest BCUT2D eigenvalue weighted by Gasteiger charge is 2.56. The van der Waals surface area contributed by atoms with Crippen LogP contribution in [0.15, 0.2) is 43.0 Å². The first kappa shape index (κ1) is 26.8. The minimum atomic E-state index is -3.54. The number of alkyl halides is 4. The summed E-state index contributed by atoms with van der Waals surface area (Å²) in [7, 11) is 0. The summed E-state index contributed by atoms with van der Waals surface area (Å²) in [5.41, 5.74) is -1.73. The van der Waals surface area contributed by atoms with Crippen molar-refractivity contribution >= 4 is 69.6 Å². The first-order valence-corrected chi connectivity index (χ1v) is 11.0. The maximum atomic E-state index is 15.1. The lowest BCUT2D eigenvalue weighted by molar-refractivity contribution is -0.128. The second-order valence-electron chi connectivity index (χ2n) is 7.45. The first-order chi connectivity index (χ1) is 16.4. The van der Waals surface area contributed by atoms with Gasteiger partial charge in [-0.15, -0.1) is 29.8 Å². The minimum absolute atomic E-state index is 0.0696. The molecule has 0 bridgehead atoms. The topological polar surface area (TPSA) is 78.5 Å². The number of anilines is 3. The van der Waals surface area contributed by atoms with Crippen molar-refractivity contribution < 1.29 is 31.9 Å². The number of hydrogen-bond donors (Lipinski definition) is 2. The zero-order valence-electron chi connectivity index (χ0n) is 17.6. The Balaban J connectivity index is 1.87. The zero-order valence-corrected chi connectivity index (χ0v) is 19.8. The maximum Gasteiger partial charge on any atom is 0.316 e. The second-order valence-corrected chi connectivity index (χ2v) is 9.40. The van der Waals surface area contributed by atoms with Gasteiger partial charge in [0, 0.05) is 12.2 Å².